The van der Waals surface area contributed by atoms with Crippen LogP contribution in [0.4, 0.5) is 0 Å². The highest BCUT2D eigenvalue weighted by Gasteiger charge is 2.14. The van der Waals surface area contributed by atoms with Crippen molar-refractivity contribution in [1.29, 1.82) is 0 Å². The number of ether oxygens (including phenoxy) is 1. The molecule has 0 aromatic heterocycles. The molecule has 164 valence electrons. The van der Waals surface area contributed by atoms with Crippen LogP contribution in [0.25, 0.3) is 0 Å². The van der Waals surface area contributed by atoms with E-state index in [9.17, 15) is 0 Å². The van der Waals surface area contributed by atoms with Gasteiger partial charge in [-0.05, 0) is 64.0 Å². The highest BCUT2D eigenvalue weighted by atomic mass is 35.5. The van der Waals surface area contributed by atoms with Gasteiger partial charge in [0.1, 0.15) is 11.9 Å². The van der Waals surface area contributed by atoms with E-state index >= 15 is 0 Å². The van der Waals surface area contributed by atoms with Crippen LogP contribution in [-0.2, 0) is 0 Å². The first kappa shape index (κ1) is 23.8. The molecule has 0 aliphatic carbocycles. The highest BCUT2D eigenvalue weighted by molar-refractivity contribution is 6.30. The van der Waals surface area contributed by atoms with E-state index in [4.69, 9.17) is 16.3 Å². The van der Waals surface area contributed by atoms with Gasteiger partial charge in [-0.1, -0.05) is 18.5 Å². The molecule has 1 unspecified atom stereocenters. The number of aliphatic imine (C=N–C) groups is 1. The number of nitrogens with zero attached hydrogens (tertiary/aromatic N) is 3. The number of piperazine rings is 1. The molecule has 1 aliphatic rings. The van der Waals surface area contributed by atoms with Gasteiger partial charge in [0, 0.05) is 44.3 Å². The summed E-state index contributed by atoms with van der Waals surface area (Å²) in [5.41, 5.74) is 0. The van der Waals surface area contributed by atoms with Crippen molar-refractivity contribution in [3.63, 3.8) is 0 Å². The zero-order chi connectivity index (χ0) is 20.9. The summed E-state index contributed by atoms with van der Waals surface area (Å²) in [4.78, 5) is 9.77. The fourth-order valence-corrected chi connectivity index (χ4v) is 3.47. The first-order chi connectivity index (χ1) is 14.1. The molecule has 0 bridgehead atoms. The van der Waals surface area contributed by atoms with Crippen LogP contribution in [0.15, 0.2) is 29.3 Å². The van der Waals surface area contributed by atoms with Gasteiger partial charge in [0.05, 0.1) is 6.54 Å². The first-order valence-electron chi connectivity index (χ1n) is 11.0. The molecule has 2 rings (SSSR count). The number of likely N-dealkylation sites (N-methyl/N-ethyl adjacent to an activating group) is 1. The van der Waals surface area contributed by atoms with Crippen molar-refractivity contribution >= 4 is 17.6 Å². The molecule has 0 saturated carbocycles. The minimum Gasteiger partial charge on any atom is -0.489 e. The average molecular weight is 424 g/mol. The third-order valence-electron chi connectivity index (χ3n) is 5.11. The summed E-state index contributed by atoms with van der Waals surface area (Å²) in [6, 6.07) is 7.44. The minimum atomic E-state index is -0.00609. The van der Waals surface area contributed by atoms with Gasteiger partial charge in [-0.2, -0.15) is 0 Å². The van der Waals surface area contributed by atoms with Crippen LogP contribution in [-0.4, -0.2) is 80.8 Å². The Bertz CT molecular complexity index is 587. The molecule has 1 fully saturated rings. The van der Waals surface area contributed by atoms with E-state index in [0.717, 1.165) is 31.2 Å². The molecular weight excluding hydrogens is 386 g/mol. The molecule has 7 heteroatoms. The van der Waals surface area contributed by atoms with Gasteiger partial charge in [0.15, 0.2) is 5.96 Å². The quantitative estimate of drug-likeness (QED) is 0.325. The van der Waals surface area contributed by atoms with Crippen LogP contribution in [0.5, 0.6) is 5.75 Å². The van der Waals surface area contributed by atoms with E-state index in [1.165, 1.54) is 45.7 Å². The summed E-state index contributed by atoms with van der Waals surface area (Å²) < 4.78 is 5.89. The Morgan fingerprint density at radius 3 is 2.41 bits per heavy atom. The molecule has 0 amide bonds. The predicted octanol–water partition coefficient (Wildman–Crippen LogP) is 3.08. The summed E-state index contributed by atoms with van der Waals surface area (Å²) in [5, 5.41) is 7.46. The Morgan fingerprint density at radius 2 is 1.76 bits per heavy atom. The first-order valence-corrected chi connectivity index (χ1v) is 11.4. The van der Waals surface area contributed by atoms with Crippen LogP contribution < -0.4 is 15.4 Å². The van der Waals surface area contributed by atoms with Crippen LogP contribution in [0.2, 0.25) is 5.02 Å². The minimum absolute atomic E-state index is 0.00609. The van der Waals surface area contributed by atoms with E-state index in [0.29, 0.717) is 11.6 Å². The Kier molecular flexibility index (Phi) is 11.2. The van der Waals surface area contributed by atoms with Crippen molar-refractivity contribution in [2.45, 2.75) is 39.7 Å². The lowest BCUT2D eigenvalue weighted by atomic mass is 10.2. The monoisotopic (exact) mass is 423 g/mol. The van der Waals surface area contributed by atoms with E-state index < -0.39 is 0 Å². The second kappa shape index (κ2) is 13.7. The number of rotatable bonds is 11. The fraction of sp³-hybridized carbons (Fsp3) is 0.682. The average Bonchev–Trinajstić information content (AvgIpc) is 2.74. The molecule has 6 nitrogen and oxygen atoms in total. The Labute approximate surface area is 181 Å². The van der Waals surface area contributed by atoms with Gasteiger partial charge in [-0.3, -0.25) is 0 Å². The molecule has 2 N–H and O–H groups in total. The molecule has 1 saturated heterocycles. The normalized spacial score (nSPS) is 17.2. The predicted molar refractivity (Wildman–Crippen MR) is 123 cm³/mol. The standard InChI is InChI=1S/C22H38ClN5O/c1-4-24-22(26-18-19(3)29-21-10-8-20(23)9-11-21)25-12-6-7-13-28-16-14-27(5-2)15-17-28/h8-11,19H,4-7,12-18H2,1-3H3,(H2,24,25,26). The molecule has 0 spiro atoms. The highest BCUT2D eigenvalue weighted by Crippen LogP contribution is 2.16. The van der Waals surface area contributed by atoms with Crippen LogP contribution in [0, 0.1) is 0 Å². The zero-order valence-corrected chi connectivity index (χ0v) is 19.0. The van der Waals surface area contributed by atoms with Crippen molar-refractivity contribution in [1.82, 2.24) is 20.4 Å². The van der Waals surface area contributed by atoms with Crippen molar-refractivity contribution in [2.75, 3.05) is 58.9 Å². The molecule has 1 aromatic carbocycles. The van der Waals surface area contributed by atoms with Gasteiger partial charge in [0.25, 0.3) is 0 Å². The van der Waals surface area contributed by atoms with Crippen molar-refractivity contribution in [3.8, 4) is 5.75 Å². The zero-order valence-electron chi connectivity index (χ0n) is 18.3. The van der Waals surface area contributed by atoms with E-state index in [2.05, 4.69) is 39.3 Å². The summed E-state index contributed by atoms with van der Waals surface area (Å²) in [6.45, 7) is 15.9. The van der Waals surface area contributed by atoms with E-state index in [-0.39, 0.29) is 6.10 Å². The Morgan fingerprint density at radius 1 is 1.07 bits per heavy atom. The number of guanidine groups is 1. The Balaban J connectivity index is 1.63. The number of hydrogen-bond acceptors (Lipinski definition) is 4. The maximum Gasteiger partial charge on any atom is 0.191 e. The maximum atomic E-state index is 5.91. The number of hydrogen-bond donors (Lipinski definition) is 2. The smallest absolute Gasteiger partial charge is 0.191 e. The lowest BCUT2D eigenvalue weighted by molar-refractivity contribution is 0.136. The van der Waals surface area contributed by atoms with Crippen molar-refractivity contribution in [2.24, 2.45) is 4.99 Å². The molecule has 1 aromatic rings. The topological polar surface area (TPSA) is 52.1 Å². The van der Waals surface area contributed by atoms with Gasteiger partial charge in [-0.15, -0.1) is 0 Å². The van der Waals surface area contributed by atoms with Crippen LogP contribution >= 0.6 is 11.6 Å². The molecule has 1 atom stereocenters. The number of benzene rings is 1. The lowest BCUT2D eigenvalue weighted by Crippen LogP contribution is -2.46. The van der Waals surface area contributed by atoms with E-state index in [1.54, 1.807) is 0 Å². The van der Waals surface area contributed by atoms with Crippen LogP contribution in [0.1, 0.15) is 33.6 Å². The molecule has 0 radical (unpaired) electrons. The number of halogens is 1. The molecule has 1 heterocycles. The summed E-state index contributed by atoms with van der Waals surface area (Å²) >= 11 is 5.91. The second-order valence-corrected chi connectivity index (χ2v) is 7.95. The van der Waals surface area contributed by atoms with Gasteiger partial charge < -0.3 is 25.2 Å². The largest absolute Gasteiger partial charge is 0.489 e. The van der Waals surface area contributed by atoms with Gasteiger partial charge >= 0.3 is 0 Å². The summed E-state index contributed by atoms with van der Waals surface area (Å²) in [6.07, 6.45) is 2.36. The Hall–Kier alpha value is -1.50. The number of nitrogens with one attached hydrogen (secondary N) is 2. The third kappa shape index (κ3) is 9.70. The lowest BCUT2D eigenvalue weighted by Gasteiger charge is -2.34. The van der Waals surface area contributed by atoms with E-state index in [1.807, 2.05) is 31.2 Å². The van der Waals surface area contributed by atoms with Crippen LogP contribution in [0.3, 0.4) is 0 Å². The summed E-state index contributed by atoms with van der Waals surface area (Å²) in [7, 11) is 0. The SMILES string of the molecule is CCNC(=NCC(C)Oc1ccc(Cl)cc1)NCCCCN1CCN(CC)CC1. The van der Waals surface area contributed by atoms with Gasteiger partial charge in [0.2, 0.25) is 0 Å². The third-order valence-corrected chi connectivity index (χ3v) is 5.36. The maximum absolute atomic E-state index is 5.91. The fourth-order valence-electron chi connectivity index (χ4n) is 3.34. The second-order valence-electron chi connectivity index (χ2n) is 7.51. The van der Waals surface area contributed by atoms with Crippen molar-refractivity contribution in [3.05, 3.63) is 29.3 Å². The van der Waals surface area contributed by atoms with Crippen molar-refractivity contribution < 1.29 is 4.74 Å². The molecular formula is C22H38ClN5O. The summed E-state index contributed by atoms with van der Waals surface area (Å²) in [5.74, 6) is 1.67. The van der Waals surface area contributed by atoms with Gasteiger partial charge in [-0.25, -0.2) is 4.99 Å². The molecule has 1 aliphatic heterocycles. The molecule has 29 heavy (non-hydrogen) atoms. The number of unbranched alkanes of at least 4 members (excludes halogenated alkanes) is 1.